The molecule has 2 rings (SSSR count). The lowest BCUT2D eigenvalue weighted by Crippen LogP contribution is -2.17. The Morgan fingerprint density at radius 2 is 1.95 bits per heavy atom. The van der Waals surface area contributed by atoms with Crippen molar-refractivity contribution in [2.45, 2.75) is 26.5 Å². The zero-order valence-electron chi connectivity index (χ0n) is 12.6. The Bertz CT molecular complexity index is 613. The minimum Gasteiger partial charge on any atom is -0.491 e. The summed E-state index contributed by atoms with van der Waals surface area (Å²) >= 11 is 3.50. The molecule has 0 bridgehead atoms. The molecule has 0 saturated heterocycles. The quantitative estimate of drug-likeness (QED) is 0.811. The lowest BCUT2D eigenvalue weighted by atomic mass is 10.2. The summed E-state index contributed by atoms with van der Waals surface area (Å²) in [6.07, 6.45) is 0.134. The van der Waals surface area contributed by atoms with Crippen molar-refractivity contribution in [3.05, 3.63) is 52.5 Å². The van der Waals surface area contributed by atoms with E-state index in [-0.39, 0.29) is 6.10 Å². The van der Waals surface area contributed by atoms with Gasteiger partial charge in [-0.1, -0.05) is 28.1 Å². The topological polar surface area (TPSA) is 38.5 Å². The molecule has 0 radical (unpaired) electrons. The van der Waals surface area contributed by atoms with E-state index in [1.165, 1.54) is 5.56 Å². The van der Waals surface area contributed by atoms with Crippen LogP contribution in [0.5, 0.6) is 5.75 Å². The number of benzene rings is 2. The van der Waals surface area contributed by atoms with Crippen LogP contribution in [0.1, 0.15) is 19.4 Å². The zero-order valence-corrected chi connectivity index (χ0v) is 14.2. The lowest BCUT2D eigenvalue weighted by molar-refractivity contribution is 0.242. The van der Waals surface area contributed by atoms with E-state index in [9.17, 15) is 0 Å². The van der Waals surface area contributed by atoms with Crippen molar-refractivity contribution in [1.29, 1.82) is 0 Å². The third-order valence-corrected chi connectivity index (χ3v) is 3.53. The van der Waals surface area contributed by atoms with Crippen LogP contribution in [-0.4, -0.2) is 13.2 Å². The van der Waals surface area contributed by atoms with Crippen LogP contribution in [0, 0.1) is 0 Å². The fourth-order valence-electron chi connectivity index (χ4n) is 2.17. The summed E-state index contributed by atoms with van der Waals surface area (Å²) in [4.78, 5) is 2.16. The van der Waals surface area contributed by atoms with Crippen LogP contribution in [0.2, 0.25) is 0 Å². The summed E-state index contributed by atoms with van der Waals surface area (Å²) in [7, 11) is 2.05. The van der Waals surface area contributed by atoms with Gasteiger partial charge in [0.2, 0.25) is 0 Å². The number of halogens is 1. The summed E-state index contributed by atoms with van der Waals surface area (Å²) < 4.78 is 6.83. The smallest absolute Gasteiger partial charge is 0.123 e. The normalized spacial score (nSPS) is 10.7. The molecule has 0 atom stereocenters. The molecular weight excluding hydrogens is 328 g/mol. The maximum absolute atomic E-state index is 5.98. The minimum absolute atomic E-state index is 0.134. The first kappa shape index (κ1) is 15.7. The molecule has 2 N–H and O–H groups in total. The highest BCUT2D eigenvalue weighted by molar-refractivity contribution is 9.10. The van der Waals surface area contributed by atoms with Gasteiger partial charge in [0, 0.05) is 41.6 Å². The maximum Gasteiger partial charge on any atom is 0.123 e. The van der Waals surface area contributed by atoms with Gasteiger partial charge < -0.3 is 15.4 Å². The molecule has 0 spiro atoms. The van der Waals surface area contributed by atoms with E-state index in [2.05, 4.69) is 40.0 Å². The summed E-state index contributed by atoms with van der Waals surface area (Å²) in [5.41, 5.74) is 8.97. The fourth-order valence-corrected chi connectivity index (χ4v) is 2.61. The van der Waals surface area contributed by atoms with E-state index >= 15 is 0 Å². The van der Waals surface area contributed by atoms with E-state index in [4.69, 9.17) is 10.5 Å². The molecule has 0 heterocycles. The largest absolute Gasteiger partial charge is 0.491 e. The van der Waals surface area contributed by atoms with Crippen molar-refractivity contribution in [2.24, 2.45) is 0 Å². The van der Waals surface area contributed by atoms with Gasteiger partial charge in [-0.3, -0.25) is 0 Å². The predicted octanol–water partition coefficient (Wildman–Crippen LogP) is 4.45. The monoisotopic (exact) mass is 348 g/mol. The third-order valence-electron chi connectivity index (χ3n) is 3.03. The average Bonchev–Trinajstić information content (AvgIpc) is 2.37. The SMILES string of the molecule is CC(C)Oc1cc(N)cc(N(C)Cc2cccc(Br)c2)c1. The Labute approximate surface area is 134 Å². The maximum atomic E-state index is 5.98. The van der Waals surface area contributed by atoms with Crippen molar-refractivity contribution in [3.8, 4) is 5.75 Å². The highest BCUT2D eigenvalue weighted by atomic mass is 79.9. The molecule has 0 aromatic heterocycles. The van der Waals surface area contributed by atoms with Gasteiger partial charge in [-0.15, -0.1) is 0 Å². The first-order valence-corrected chi connectivity index (χ1v) is 7.76. The number of nitrogens with two attached hydrogens (primary N) is 1. The summed E-state index contributed by atoms with van der Waals surface area (Å²) in [6, 6.07) is 14.1. The zero-order chi connectivity index (χ0) is 15.4. The number of ether oxygens (including phenoxy) is 1. The Morgan fingerprint density at radius 1 is 1.19 bits per heavy atom. The third kappa shape index (κ3) is 4.67. The van der Waals surface area contributed by atoms with E-state index in [0.29, 0.717) is 5.69 Å². The number of nitrogen functional groups attached to an aromatic ring is 1. The molecule has 2 aromatic rings. The van der Waals surface area contributed by atoms with Crippen molar-refractivity contribution in [3.63, 3.8) is 0 Å². The van der Waals surface area contributed by atoms with Crippen LogP contribution in [-0.2, 0) is 6.54 Å². The molecule has 4 heteroatoms. The number of rotatable bonds is 5. The predicted molar refractivity (Wildman–Crippen MR) is 92.9 cm³/mol. The lowest BCUT2D eigenvalue weighted by Gasteiger charge is -2.21. The van der Waals surface area contributed by atoms with Crippen molar-refractivity contribution >= 4 is 27.3 Å². The Kier molecular flexibility index (Phi) is 5.12. The summed E-state index contributed by atoms with van der Waals surface area (Å²) in [5, 5.41) is 0. The average molecular weight is 349 g/mol. The molecule has 3 nitrogen and oxygen atoms in total. The van der Waals surface area contributed by atoms with Crippen LogP contribution in [0.15, 0.2) is 46.9 Å². The Morgan fingerprint density at radius 3 is 2.62 bits per heavy atom. The van der Waals surface area contributed by atoms with Gasteiger partial charge in [0.05, 0.1) is 6.10 Å². The molecule has 2 aromatic carbocycles. The minimum atomic E-state index is 0.134. The van der Waals surface area contributed by atoms with Gasteiger partial charge in [0.25, 0.3) is 0 Å². The molecule has 21 heavy (non-hydrogen) atoms. The van der Waals surface area contributed by atoms with Gasteiger partial charge in [0.15, 0.2) is 0 Å². The van der Waals surface area contributed by atoms with Crippen LogP contribution in [0.25, 0.3) is 0 Å². The van der Waals surface area contributed by atoms with E-state index in [0.717, 1.165) is 22.5 Å². The van der Waals surface area contributed by atoms with Crippen LogP contribution >= 0.6 is 15.9 Å². The molecule has 0 fully saturated rings. The molecule has 0 aliphatic carbocycles. The number of nitrogens with zero attached hydrogens (tertiary/aromatic N) is 1. The first-order valence-electron chi connectivity index (χ1n) is 6.97. The molecule has 0 unspecified atom stereocenters. The number of hydrogen-bond acceptors (Lipinski definition) is 3. The molecule has 0 aliphatic rings. The molecule has 0 saturated carbocycles. The van der Waals surface area contributed by atoms with Crippen molar-refractivity contribution in [2.75, 3.05) is 17.7 Å². The number of hydrogen-bond donors (Lipinski definition) is 1. The highest BCUT2D eigenvalue weighted by Gasteiger charge is 2.07. The van der Waals surface area contributed by atoms with Crippen LogP contribution < -0.4 is 15.4 Å². The van der Waals surface area contributed by atoms with E-state index in [1.807, 2.05) is 44.2 Å². The standard InChI is InChI=1S/C17H21BrN2O/c1-12(2)21-17-9-15(19)8-16(10-17)20(3)11-13-5-4-6-14(18)7-13/h4-10,12H,11,19H2,1-3H3. The molecule has 0 aliphatic heterocycles. The van der Waals surface area contributed by atoms with E-state index in [1.54, 1.807) is 0 Å². The number of anilines is 2. The van der Waals surface area contributed by atoms with Gasteiger partial charge in [-0.25, -0.2) is 0 Å². The van der Waals surface area contributed by atoms with Crippen molar-refractivity contribution in [1.82, 2.24) is 0 Å². The molecule has 0 amide bonds. The Hall–Kier alpha value is -1.68. The van der Waals surface area contributed by atoms with E-state index < -0.39 is 0 Å². The van der Waals surface area contributed by atoms with Crippen LogP contribution in [0.3, 0.4) is 0 Å². The van der Waals surface area contributed by atoms with Crippen molar-refractivity contribution < 1.29 is 4.74 Å². The van der Waals surface area contributed by atoms with Gasteiger partial charge in [-0.05, 0) is 37.6 Å². The Balaban J connectivity index is 2.18. The fraction of sp³-hybridized carbons (Fsp3) is 0.294. The van der Waals surface area contributed by atoms with Gasteiger partial charge >= 0.3 is 0 Å². The molecular formula is C17H21BrN2O. The van der Waals surface area contributed by atoms with Gasteiger partial charge in [-0.2, -0.15) is 0 Å². The summed E-state index contributed by atoms with van der Waals surface area (Å²) in [5.74, 6) is 0.807. The second kappa shape index (κ2) is 6.85. The second-order valence-electron chi connectivity index (χ2n) is 5.41. The molecule has 112 valence electrons. The highest BCUT2D eigenvalue weighted by Crippen LogP contribution is 2.27. The summed E-state index contributed by atoms with van der Waals surface area (Å²) in [6.45, 7) is 4.83. The van der Waals surface area contributed by atoms with Gasteiger partial charge in [0.1, 0.15) is 5.75 Å². The first-order chi connectivity index (χ1) is 9.94. The second-order valence-corrected chi connectivity index (χ2v) is 6.33. The van der Waals surface area contributed by atoms with Crippen LogP contribution in [0.4, 0.5) is 11.4 Å².